The van der Waals surface area contributed by atoms with Crippen LogP contribution in [0.3, 0.4) is 0 Å². The number of sulfonamides is 1. The van der Waals surface area contributed by atoms with Gasteiger partial charge in [0.05, 0.1) is 12.7 Å². The van der Waals surface area contributed by atoms with Gasteiger partial charge in [0.15, 0.2) is 0 Å². The molecule has 0 saturated carbocycles. The van der Waals surface area contributed by atoms with Crippen molar-refractivity contribution >= 4 is 33.4 Å². The highest BCUT2D eigenvalue weighted by atomic mass is 35.5. The third kappa shape index (κ3) is 4.37. The average molecular weight is 326 g/mol. The monoisotopic (exact) mass is 325 g/mol. The topological polar surface area (TPSA) is 55.2 Å². The van der Waals surface area contributed by atoms with Crippen molar-refractivity contribution in [2.45, 2.75) is 30.8 Å². The lowest BCUT2D eigenvalue weighted by molar-refractivity contribution is 0.382. The molecule has 0 spiro atoms. The molecule has 1 atom stereocenters. The van der Waals surface area contributed by atoms with E-state index < -0.39 is 10.0 Å². The quantitative estimate of drug-likeness (QED) is 0.685. The van der Waals surface area contributed by atoms with Crippen LogP contribution in [0.2, 0.25) is 0 Å². The van der Waals surface area contributed by atoms with Gasteiger partial charge in [-0.25, -0.2) is 8.42 Å². The maximum Gasteiger partial charge on any atom is 0.246 e. The van der Waals surface area contributed by atoms with Crippen molar-refractivity contribution in [3.05, 3.63) is 12.4 Å². The van der Waals surface area contributed by atoms with E-state index in [2.05, 4.69) is 5.10 Å². The Morgan fingerprint density at radius 3 is 2.84 bits per heavy atom. The lowest BCUT2D eigenvalue weighted by Crippen LogP contribution is -2.35. The molecule has 0 amide bonds. The predicted molar refractivity (Wildman–Crippen MR) is 80.4 cm³/mol. The molecule has 110 valence electrons. The zero-order chi connectivity index (χ0) is 14.5. The summed E-state index contributed by atoms with van der Waals surface area (Å²) in [5.74, 6) is 1.34. The Morgan fingerprint density at radius 1 is 1.58 bits per heavy atom. The average Bonchev–Trinajstić information content (AvgIpc) is 2.84. The largest absolute Gasteiger partial charge is 0.270 e. The molecule has 1 aromatic heterocycles. The zero-order valence-corrected chi connectivity index (χ0v) is 13.8. The summed E-state index contributed by atoms with van der Waals surface area (Å²) in [5.41, 5.74) is 0. The third-order valence-electron chi connectivity index (χ3n) is 2.96. The minimum absolute atomic E-state index is 0.0335. The first-order valence-corrected chi connectivity index (χ1v) is 9.35. The molecule has 19 heavy (non-hydrogen) atoms. The Kier molecular flexibility index (Phi) is 6.65. The lowest BCUT2D eigenvalue weighted by atomic mass is 10.3. The molecule has 1 rings (SSSR count). The number of rotatable bonds is 8. The van der Waals surface area contributed by atoms with Gasteiger partial charge in [-0.2, -0.15) is 21.2 Å². The summed E-state index contributed by atoms with van der Waals surface area (Å²) < 4.78 is 27.7. The standard InChI is InChI=1S/C11H20ClN3O2S2/c1-10(4-7-18-3)14(2)19(16,17)11-8-13-15(9-11)6-5-12/h8-10H,4-7H2,1-3H3. The number of hydrogen-bond acceptors (Lipinski definition) is 4. The molecule has 0 aromatic carbocycles. The molecule has 0 saturated heterocycles. The van der Waals surface area contributed by atoms with Gasteiger partial charge in [0.1, 0.15) is 4.90 Å². The number of aromatic nitrogens is 2. The maximum absolute atomic E-state index is 12.4. The van der Waals surface area contributed by atoms with Crippen LogP contribution in [0.5, 0.6) is 0 Å². The SMILES string of the molecule is CSCCC(C)N(C)S(=O)(=O)c1cnn(CCCl)c1. The van der Waals surface area contributed by atoms with Crippen LogP contribution in [-0.4, -0.2) is 53.5 Å². The maximum atomic E-state index is 12.4. The van der Waals surface area contributed by atoms with Crippen LogP contribution in [0.1, 0.15) is 13.3 Å². The first-order chi connectivity index (χ1) is 8.93. The fraction of sp³-hybridized carbons (Fsp3) is 0.727. The van der Waals surface area contributed by atoms with E-state index in [1.807, 2.05) is 13.2 Å². The van der Waals surface area contributed by atoms with Gasteiger partial charge in [-0.3, -0.25) is 4.68 Å². The summed E-state index contributed by atoms with van der Waals surface area (Å²) >= 11 is 7.32. The summed E-state index contributed by atoms with van der Waals surface area (Å²) in [7, 11) is -1.86. The van der Waals surface area contributed by atoms with E-state index in [1.165, 1.54) is 16.7 Å². The van der Waals surface area contributed by atoms with Crippen molar-refractivity contribution in [1.29, 1.82) is 0 Å². The van der Waals surface area contributed by atoms with Gasteiger partial charge in [-0.05, 0) is 25.4 Å². The van der Waals surface area contributed by atoms with Crippen molar-refractivity contribution in [2.75, 3.05) is 24.9 Å². The van der Waals surface area contributed by atoms with Crippen LogP contribution in [0.25, 0.3) is 0 Å². The summed E-state index contributed by atoms with van der Waals surface area (Å²) in [6.45, 7) is 2.42. The number of hydrogen-bond donors (Lipinski definition) is 0. The zero-order valence-electron chi connectivity index (χ0n) is 11.4. The minimum Gasteiger partial charge on any atom is -0.270 e. The number of thioether (sulfide) groups is 1. The molecule has 1 aromatic rings. The summed E-state index contributed by atoms with van der Waals surface area (Å²) in [5, 5.41) is 4.00. The van der Waals surface area contributed by atoms with E-state index in [0.717, 1.165) is 12.2 Å². The molecule has 0 aliphatic carbocycles. The van der Waals surface area contributed by atoms with Crippen molar-refractivity contribution in [2.24, 2.45) is 0 Å². The molecule has 0 radical (unpaired) electrons. The van der Waals surface area contributed by atoms with Crippen LogP contribution in [0.15, 0.2) is 17.3 Å². The van der Waals surface area contributed by atoms with Gasteiger partial charge >= 0.3 is 0 Å². The second-order valence-electron chi connectivity index (χ2n) is 4.28. The summed E-state index contributed by atoms with van der Waals surface area (Å²) in [6, 6.07) is -0.0335. The Labute approximate surface area is 124 Å². The molecule has 0 N–H and O–H groups in total. The van der Waals surface area contributed by atoms with Crippen molar-refractivity contribution in [3.63, 3.8) is 0 Å². The van der Waals surface area contributed by atoms with E-state index in [4.69, 9.17) is 11.6 Å². The minimum atomic E-state index is -3.47. The second-order valence-corrected chi connectivity index (χ2v) is 7.64. The molecule has 1 unspecified atom stereocenters. The third-order valence-corrected chi connectivity index (χ3v) is 5.70. The Balaban J connectivity index is 2.83. The highest BCUT2D eigenvalue weighted by Crippen LogP contribution is 2.18. The lowest BCUT2D eigenvalue weighted by Gasteiger charge is -2.23. The van der Waals surface area contributed by atoms with Crippen molar-refractivity contribution in [1.82, 2.24) is 14.1 Å². The van der Waals surface area contributed by atoms with Gasteiger partial charge in [0.25, 0.3) is 0 Å². The molecule has 0 aliphatic rings. The molecule has 0 fully saturated rings. The normalized spacial score (nSPS) is 13.9. The van der Waals surface area contributed by atoms with Crippen LogP contribution < -0.4 is 0 Å². The van der Waals surface area contributed by atoms with Crippen molar-refractivity contribution in [3.8, 4) is 0 Å². The number of alkyl halides is 1. The van der Waals surface area contributed by atoms with E-state index in [1.54, 1.807) is 23.5 Å². The van der Waals surface area contributed by atoms with Crippen LogP contribution >= 0.6 is 23.4 Å². The molecule has 8 heteroatoms. The summed E-state index contributed by atoms with van der Waals surface area (Å²) in [6.07, 6.45) is 5.74. The molecule has 0 aliphatic heterocycles. The van der Waals surface area contributed by atoms with E-state index in [9.17, 15) is 8.42 Å². The predicted octanol–water partition coefficient (Wildman–Crippen LogP) is 1.88. The molecule has 5 nitrogen and oxygen atoms in total. The van der Waals surface area contributed by atoms with Gasteiger partial charge in [0, 0.05) is 25.2 Å². The van der Waals surface area contributed by atoms with Gasteiger partial charge < -0.3 is 0 Å². The van der Waals surface area contributed by atoms with E-state index in [0.29, 0.717) is 12.4 Å². The number of nitrogens with zero attached hydrogens (tertiary/aromatic N) is 3. The fourth-order valence-corrected chi connectivity index (χ4v) is 3.66. The smallest absolute Gasteiger partial charge is 0.246 e. The first kappa shape index (κ1) is 16.8. The molecular formula is C11H20ClN3O2S2. The first-order valence-electron chi connectivity index (χ1n) is 5.99. The Bertz CT molecular complexity index is 490. The van der Waals surface area contributed by atoms with Crippen LogP contribution in [-0.2, 0) is 16.6 Å². The number of aryl methyl sites for hydroxylation is 1. The van der Waals surface area contributed by atoms with Crippen LogP contribution in [0.4, 0.5) is 0 Å². The van der Waals surface area contributed by atoms with Crippen LogP contribution in [0, 0.1) is 0 Å². The summed E-state index contributed by atoms with van der Waals surface area (Å²) in [4.78, 5) is 0.219. The molecular weight excluding hydrogens is 306 g/mol. The molecule has 1 heterocycles. The van der Waals surface area contributed by atoms with Crippen molar-refractivity contribution < 1.29 is 8.42 Å². The second kappa shape index (κ2) is 7.52. The highest BCUT2D eigenvalue weighted by molar-refractivity contribution is 7.98. The number of halogens is 1. The van der Waals surface area contributed by atoms with Gasteiger partial charge in [-0.1, -0.05) is 0 Å². The van der Waals surface area contributed by atoms with E-state index >= 15 is 0 Å². The van der Waals surface area contributed by atoms with E-state index in [-0.39, 0.29) is 10.9 Å². The highest BCUT2D eigenvalue weighted by Gasteiger charge is 2.26. The van der Waals surface area contributed by atoms with Gasteiger partial charge in [-0.15, -0.1) is 11.6 Å². The fourth-order valence-electron chi connectivity index (χ4n) is 1.56. The Morgan fingerprint density at radius 2 is 2.26 bits per heavy atom. The van der Waals surface area contributed by atoms with Gasteiger partial charge in [0.2, 0.25) is 10.0 Å². The molecule has 0 bridgehead atoms. The Hall–Kier alpha value is -0.240.